The molecule has 1 aliphatic carbocycles. The van der Waals surface area contributed by atoms with Crippen molar-refractivity contribution < 1.29 is 9.90 Å². The molecule has 2 atom stereocenters. The zero-order chi connectivity index (χ0) is 8.97. The number of rotatable bonds is 1. The van der Waals surface area contributed by atoms with Crippen LogP contribution in [0, 0.1) is 5.92 Å². The Kier molecular flexibility index (Phi) is 3.53. The van der Waals surface area contributed by atoms with Gasteiger partial charge in [0, 0.05) is 0 Å². The van der Waals surface area contributed by atoms with E-state index in [9.17, 15) is 9.90 Å². The summed E-state index contributed by atoms with van der Waals surface area (Å²) in [6.07, 6.45) is 5.36. The third kappa shape index (κ3) is 2.48. The summed E-state index contributed by atoms with van der Waals surface area (Å²) in [5.74, 6) is -0.644. The molecule has 3 nitrogen and oxygen atoms in total. The van der Waals surface area contributed by atoms with Crippen molar-refractivity contribution in [1.82, 2.24) is 0 Å². The average Bonchev–Trinajstić information content (AvgIpc) is 1.96. The second kappa shape index (κ2) is 4.45. The average molecular weight is 171 g/mol. The summed E-state index contributed by atoms with van der Waals surface area (Å²) in [7, 11) is 0. The molecule has 0 spiro atoms. The van der Waals surface area contributed by atoms with E-state index in [1.165, 1.54) is 6.42 Å². The van der Waals surface area contributed by atoms with Gasteiger partial charge in [0.2, 0.25) is 5.91 Å². The maximum atomic E-state index is 10.9. The van der Waals surface area contributed by atoms with Gasteiger partial charge in [0.1, 0.15) is 0 Å². The van der Waals surface area contributed by atoms with Crippen molar-refractivity contribution in [2.45, 2.75) is 44.6 Å². The van der Waals surface area contributed by atoms with E-state index in [1.54, 1.807) is 0 Å². The zero-order valence-corrected chi connectivity index (χ0v) is 7.33. The van der Waals surface area contributed by atoms with Crippen LogP contribution in [0.15, 0.2) is 0 Å². The molecule has 3 heteroatoms. The van der Waals surface area contributed by atoms with E-state index in [1.807, 2.05) is 0 Å². The van der Waals surface area contributed by atoms with Gasteiger partial charge in [0.25, 0.3) is 0 Å². The molecule has 0 unspecified atom stereocenters. The van der Waals surface area contributed by atoms with Crippen LogP contribution in [0.3, 0.4) is 0 Å². The van der Waals surface area contributed by atoms with Gasteiger partial charge in [0.15, 0.2) is 0 Å². The lowest BCUT2D eigenvalue weighted by molar-refractivity contribution is -0.126. The van der Waals surface area contributed by atoms with Crippen LogP contribution in [0.4, 0.5) is 0 Å². The fourth-order valence-corrected chi connectivity index (χ4v) is 1.80. The van der Waals surface area contributed by atoms with Crippen molar-refractivity contribution in [3.8, 4) is 0 Å². The van der Waals surface area contributed by atoms with Gasteiger partial charge in [-0.05, 0) is 12.8 Å². The first-order valence-electron chi connectivity index (χ1n) is 4.69. The highest BCUT2D eigenvalue weighted by Crippen LogP contribution is 2.22. The maximum absolute atomic E-state index is 10.9. The van der Waals surface area contributed by atoms with E-state index in [-0.39, 0.29) is 11.8 Å². The Balaban J connectivity index is 2.48. The zero-order valence-electron chi connectivity index (χ0n) is 7.33. The highest BCUT2D eigenvalue weighted by atomic mass is 16.3. The SMILES string of the molecule is NC(=O)[C@H]1CCCCCC[C@@H]1O. The van der Waals surface area contributed by atoms with Gasteiger partial charge in [-0.3, -0.25) is 4.79 Å². The normalized spacial score (nSPS) is 32.1. The van der Waals surface area contributed by atoms with Gasteiger partial charge >= 0.3 is 0 Å². The second-order valence-corrected chi connectivity index (χ2v) is 3.57. The van der Waals surface area contributed by atoms with Crippen LogP contribution in [0.2, 0.25) is 0 Å². The molecule has 0 aromatic heterocycles. The standard InChI is InChI=1S/C9H17NO2/c10-9(12)7-5-3-1-2-4-6-8(7)11/h7-8,11H,1-6H2,(H2,10,12)/t7-,8-/m0/s1. The van der Waals surface area contributed by atoms with Crippen molar-refractivity contribution in [1.29, 1.82) is 0 Å². The number of carbonyl (C=O) groups excluding carboxylic acids is 1. The molecule has 0 radical (unpaired) electrons. The number of aliphatic hydroxyl groups is 1. The Morgan fingerprint density at radius 1 is 1.17 bits per heavy atom. The fourth-order valence-electron chi connectivity index (χ4n) is 1.80. The molecule has 0 aromatic carbocycles. The summed E-state index contributed by atoms with van der Waals surface area (Å²) in [5, 5.41) is 9.54. The third-order valence-corrected chi connectivity index (χ3v) is 2.59. The molecule has 0 aliphatic heterocycles. The van der Waals surface area contributed by atoms with Crippen LogP contribution >= 0.6 is 0 Å². The number of nitrogens with two attached hydrogens (primary N) is 1. The molecule has 1 fully saturated rings. The van der Waals surface area contributed by atoms with E-state index >= 15 is 0 Å². The minimum Gasteiger partial charge on any atom is -0.392 e. The quantitative estimate of drug-likeness (QED) is 0.613. The topological polar surface area (TPSA) is 63.3 Å². The summed E-state index contributed by atoms with van der Waals surface area (Å²) in [6, 6.07) is 0. The lowest BCUT2D eigenvalue weighted by Crippen LogP contribution is -2.34. The van der Waals surface area contributed by atoms with Crippen LogP contribution in [-0.4, -0.2) is 17.1 Å². The number of hydrogen-bond donors (Lipinski definition) is 2. The predicted molar refractivity (Wildman–Crippen MR) is 46.4 cm³/mol. The molecule has 3 N–H and O–H groups in total. The number of aliphatic hydroxyl groups excluding tert-OH is 1. The highest BCUT2D eigenvalue weighted by molar-refractivity contribution is 5.77. The van der Waals surface area contributed by atoms with Crippen molar-refractivity contribution >= 4 is 5.91 Å². The fraction of sp³-hybridized carbons (Fsp3) is 0.889. The molecular formula is C9H17NO2. The molecule has 0 aromatic rings. The first-order chi connectivity index (χ1) is 5.72. The number of primary amides is 1. The molecule has 1 aliphatic rings. The number of amides is 1. The summed E-state index contributed by atoms with van der Waals surface area (Å²) in [6.45, 7) is 0. The van der Waals surface area contributed by atoms with Crippen LogP contribution in [0.5, 0.6) is 0 Å². The van der Waals surface area contributed by atoms with Gasteiger partial charge in [0.05, 0.1) is 12.0 Å². The van der Waals surface area contributed by atoms with Crippen molar-refractivity contribution in [3.63, 3.8) is 0 Å². The minimum atomic E-state index is -0.497. The highest BCUT2D eigenvalue weighted by Gasteiger charge is 2.24. The lowest BCUT2D eigenvalue weighted by Gasteiger charge is -2.22. The van der Waals surface area contributed by atoms with E-state index < -0.39 is 6.10 Å². The van der Waals surface area contributed by atoms with Crippen molar-refractivity contribution in [2.75, 3.05) is 0 Å². The van der Waals surface area contributed by atoms with E-state index in [0.29, 0.717) is 0 Å². The Morgan fingerprint density at radius 2 is 1.75 bits per heavy atom. The van der Waals surface area contributed by atoms with Crippen LogP contribution in [0.1, 0.15) is 38.5 Å². The van der Waals surface area contributed by atoms with Gasteiger partial charge < -0.3 is 10.8 Å². The summed E-state index contributed by atoms with van der Waals surface area (Å²) < 4.78 is 0. The predicted octanol–water partition coefficient (Wildman–Crippen LogP) is 0.803. The first-order valence-corrected chi connectivity index (χ1v) is 4.69. The van der Waals surface area contributed by atoms with Crippen LogP contribution in [-0.2, 0) is 4.79 Å². The largest absolute Gasteiger partial charge is 0.392 e. The molecule has 70 valence electrons. The second-order valence-electron chi connectivity index (χ2n) is 3.57. The van der Waals surface area contributed by atoms with E-state index in [4.69, 9.17) is 5.73 Å². The molecule has 12 heavy (non-hydrogen) atoms. The summed E-state index contributed by atoms with van der Waals surface area (Å²) >= 11 is 0. The molecule has 0 bridgehead atoms. The Morgan fingerprint density at radius 3 is 2.33 bits per heavy atom. The summed E-state index contributed by atoms with van der Waals surface area (Å²) in [5.41, 5.74) is 5.18. The van der Waals surface area contributed by atoms with E-state index in [2.05, 4.69) is 0 Å². The minimum absolute atomic E-state index is 0.301. The lowest BCUT2D eigenvalue weighted by atomic mass is 9.88. The van der Waals surface area contributed by atoms with Crippen molar-refractivity contribution in [3.05, 3.63) is 0 Å². The van der Waals surface area contributed by atoms with Gasteiger partial charge in [-0.15, -0.1) is 0 Å². The van der Waals surface area contributed by atoms with E-state index in [0.717, 1.165) is 32.1 Å². The first kappa shape index (κ1) is 9.52. The number of hydrogen-bond acceptors (Lipinski definition) is 2. The molecular weight excluding hydrogens is 154 g/mol. The molecule has 1 amide bonds. The number of carbonyl (C=O) groups is 1. The molecule has 0 saturated heterocycles. The Hall–Kier alpha value is -0.570. The Bertz CT molecular complexity index is 159. The van der Waals surface area contributed by atoms with Gasteiger partial charge in [-0.2, -0.15) is 0 Å². The third-order valence-electron chi connectivity index (χ3n) is 2.59. The van der Waals surface area contributed by atoms with Crippen LogP contribution < -0.4 is 5.73 Å². The molecule has 0 heterocycles. The van der Waals surface area contributed by atoms with Crippen molar-refractivity contribution in [2.24, 2.45) is 11.7 Å². The monoisotopic (exact) mass is 171 g/mol. The molecule has 1 rings (SSSR count). The molecule has 1 saturated carbocycles. The van der Waals surface area contributed by atoms with Gasteiger partial charge in [-0.1, -0.05) is 25.7 Å². The Labute approximate surface area is 72.9 Å². The maximum Gasteiger partial charge on any atom is 0.223 e. The summed E-state index contributed by atoms with van der Waals surface area (Å²) in [4.78, 5) is 10.9. The van der Waals surface area contributed by atoms with Gasteiger partial charge in [-0.25, -0.2) is 0 Å². The smallest absolute Gasteiger partial charge is 0.223 e. The van der Waals surface area contributed by atoms with Crippen LogP contribution in [0.25, 0.3) is 0 Å².